The lowest BCUT2D eigenvalue weighted by molar-refractivity contribution is 0.240. The van der Waals surface area contributed by atoms with Crippen molar-refractivity contribution in [2.24, 2.45) is 0 Å². The molecule has 2 aliphatic rings. The molecule has 0 amide bonds. The van der Waals surface area contributed by atoms with Crippen LogP contribution in [0, 0.1) is 0 Å². The molecule has 1 aromatic rings. The van der Waals surface area contributed by atoms with Gasteiger partial charge in [-0.15, -0.1) is 11.6 Å². The van der Waals surface area contributed by atoms with Crippen molar-refractivity contribution in [2.45, 2.75) is 10.5 Å². The van der Waals surface area contributed by atoms with Crippen molar-refractivity contribution in [3.8, 4) is 11.5 Å². The Bertz CT molecular complexity index is 624. The maximum atomic E-state index is 14.2. The van der Waals surface area contributed by atoms with Crippen LogP contribution in [-0.4, -0.2) is 10.5 Å². The second kappa shape index (κ2) is 4.45. The Labute approximate surface area is 128 Å². The van der Waals surface area contributed by atoms with E-state index in [4.69, 9.17) is 55.9 Å². The van der Waals surface area contributed by atoms with E-state index in [0.717, 1.165) is 0 Å². The zero-order valence-electron chi connectivity index (χ0n) is 9.09. The molecule has 2 atom stereocenters. The Balaban J connectivity index is 2.14. The molecule has 0 aromatic heterocycles. The monoisotopic (exact) mass is 340 g/mol. The minimum Gasteiger partial charge on any atom is -0.452 e. The Hall–Kier alpha value is -0.610. The zero-order valence-corrected chi connectivity index (χ0v) is 12.1. The summed E-state index contributed by atoms with van der Waals surface area (Å²) < 4.78 is 25.3. The Kier molecular flexibility index (Phi) is 3.13. The van der Waals surface area contributed by atoms with Crippen molar-refractivity contribution in [1.29, 1.82) is 0 Å². The normalized spacial score (nSPS) is 29.4. The van der Waals surface area contributed by atoms with Crippen molar-refractivity contribution >= 4 is 46.4 Å². The molecule has 0 bridgehead atoms. The topological polar surface area (TPSA) is 18.5 Å². The van der Waals surface area contributed by atoms with E-state index in [9.17, 15) is 4.39 Å². The molecule has 1 aromatic carbocycles. The molecule has 0 saturated carbocycles. The molecule has 0 saturated heterocycles. The van der Waals surface area contributed by atoms with E-state index in [1.165, 1.54) is 0 Å². The molecule has 100 valence electrons. The number of ether oxygens (including phenoxy) is 2. The highest BCUT2D eigenvalue weighted by atomic mass is 35.5. The molecule has 19 heavy (non-hydrogen) atoms. The van der Waals surface area contributed by atoms with E-state index in [-0.39, 0.29) is 16.6 Å². The Morgan fingerprint density at radius 2 is 1.68 bits per heavy atom. The number of rotatable bonds is 0. The quantitative estimate of drug-likeness (QED) is 0.626. The van der Waals surface area contributed by atoms with E-state index in [2.05, 4.69) is 0 Å². The predicted molar refractivity (Wildman–Crippen MR) is 72.8 cm³/mol. The number of hydrogen-bond acceptors (Lipinski definition) is 2. The molecule has 7 heteroatoms. The number of fused-ring (bicyclic) bond motifs is 1. The summed E-state index contributed by atoms with van der Waals surface area (Å²) >= 11 is 23.4. The molecule has 1 aliphatic heterocycles. The maximum absolute atomic E-state index is 14.2. The minimum atomic E-state index is -2.53. The highest BCUT2D eigenvalue weighted by molar-refractivity contribution is 6.48. The van der Waals surface area contributed by atoms with Gasteiger partial charge in [-0.05, 0) is 12.1 Å². The van der Waals surface area contributed by atoms with Crippen LogP contribution < -0.4 is 9.47 Å². The molecule has 0 N–H and O–H groups in total. The number of hydrogen-bond donors (Lipinski definition) is 0. The van der Waals surface area contributed by atoms with Gasteiger partial charge >= 0.3 is 0 Å². The van der Waals surface area contributed by atoms with Crippen molar-refractivity contribution in [3.63, 3.8) is 0 Å². The first kappa shape index (κ1) is 13.4. The molecule has 0 radical (unpaired) electrons. The number of allylic oxidation sites excluding steroid dienone is 3. The van der Waals surface area contributed by atoms with Gasteiger partial charge in [0.2, 0.25) is 5.13 Å². The van der Waals surface area contributed by atoms with Crippen LogP contribution in [0.5, 0.6) is 11.5 Å². The summed E-state index contributed by atoms with van der Waals surface area (Å²) in [6.07, 6.45) is 0. The summed E-state index contributed by atoms with van der Waals surface area (Å²) in [6, 6.07) is 6.84. The van der Waals surface area contributed by atoms with Gasteiger partial charge in [0.25, 0.3) is 0 Å². The lowest BCUT2D eigenvalue weighted by Gasteiger charge is -2.34. The molecule has 1 aliphatic carbocycles. The van der Waals surface area contributed by atoms with Crippen LogP contribution in [-0.2, 0) is 0 Å². The summed E-state index contributed by atoms with van der Waals surface area (Å²) in [5.74, 6) is 0.932. The van der Waals surface area contributed by atoms with Gasteiger partial charge in [0.15, 0.2) is 23.0 Å². The van der Waals surface area contributed by atoms with Crippen LogP contribution in [0.2, 0.25) is 0 Å². The lowest BCUT2D eigenvalue weighted by Crippen LogP contribution is -2.38. The van der Waals surface area contributed by atoms with E-state index in [1.807, 2.05) is 0 Å². The van der Waals surface area contributed by atoms with Crippen LogP contribution in [0.1, 0.15) is 0 Å². The molecule has 0 spiro atoms. The second-order valence-corrected chi connectivity index (χ2v) is 5.70. The van der Waals surface area contributed by atoms with Gasteiger partial charge in [-0.25, -0.2) is 4.39 Å². The average molecular weight is 342 g/mol. The third kappa shape index (κ3) is 1.91. The fourth-order valence-electron chi connectivity index (χ4n) is 1.79. The average Bonchev–Trinajstić information content (AvgIpc) is 2.42. The summed E-state index contributed by atoms with van der Waals surface area (Å²) in [7, 11) is 0. The first-order valence-electron chi connectivity index (χ1n) is 5.20. The van der Waals surface area contributed by atoms with Gasteiger partial charge in [0.05, 0.1) is 5.03 Å². The zero-order chi connectivity index (χ0) is 13.8. The molecule has 0 fully saturated rings. The Morgan fingerprint density at radius 1 is 1.11 bits per heavy atom. The molecular weight excluding hydrogens is 337 g/mol. The maximum Gasteiger partial charge on any atom is 0.244 e. The largest absolute Gasteiger partial charge is 0.452 e. The van der Waals surface area contributed by atoms with Gasteiger partial charge in [-0.2, -0.15) is 0 Å². The van der Waals surface area contributed by atoms with Gasteiger partial charge in [0.1, 0.15) is 10.4 Å². The van der Waals surface area contributed by atoms with Gasteiger partial charge < -0.3 is 9.47 Å². The fraction of sp³-hybridized carbons (Fsp3) is 0.167. The molecular formula is C12H5Cl4FO2. The van der Waals surface area contributed by atoms with Crippen LogP contribution in [0.4, 0.5) is 4.39 Å². The first-order valence-corrected chi connectivity index (χ1v) is 6.77. The van der Waals surface area contributed by atoms with Gasteiger partial charge in [-0.1, -0.05) is 46.9 Å². The lowest BCUT2D eigenvalue weighted by atomic mass is 10.1. The predicted octanol–water partition coefficient (Wildman–Crippen LogP) is 4.88. The fourth-order valence-corrected chi connectivity index (χ4v) is 2.80. The van der Waals surface area contributed by atoms with E-state index in [1.54, 1.807) is 24.3 Å². The summed E-state index contributed by atoms with van der Waals surface area (Å²) in [6.45, 7) is 0. The van der Waals surface area contributed by atoms with E-state index < -0.39 is 15.5 Å². The van der Waals surface area contributed by atoms with Crippen molar-refractivity contribution in [1.82, 2.24) is 0 Å². The third-order valence-corrected chi connectivity index (χ3v) is 4.77. The van der Waals surface area contributed by atoms with E-state index in [0.29, 0.717) is 11.5 Å². The molecule has 1 heterocycles. The van der Waals surface area contributed by atoms with Crippen molar-refractivity contribution in [2.75, 3.05) is 0 Å². The van der Waals surface area contributed by atoms with Crippen LogP contribution in [0.15, 0.2) is 45.8 Å². The highest BCUT2D eigenvalue weighted by Gasteiger charge is 2.51. The summed E-state index contributed by atoms with van der Waals surface area (Å²) in [4.78, 5) is 0. The number of alkyl halides is 3. The number of para-hydroxylation sites is 2. The number of benzene rings is 1. The smallest absolute Gasteiger partial charge is 0.244 e. The molecule has 2 nitrogen and oxygen atoms in total. The second-order valence-electron chi connectivity index (χ2n) is 3.96. The van der Waals surface area contributed by atoms with Crippen LogP contribution in [0.25, 0.3) is 0 Å². The summed E-state index contributed by atoms with van der Waals surface area (Å²) in [5.41, 5.74) is 0. The van der Waals surface area contributed by atoms with E-state index >= 15 is 0 Å². The van der Waals surface area contributed by atoms with Gasteiger partial charge in [-0.3, -0.25) is 0 Å². The van der Waals surface area contributed by atoms with Crippen LogP contribution in [0.3, 0.4) is 0 Å². The van der Waals surface area contributed by atoms with Crippen molar-refractivity contribution < 1.29 is 13.9 Å². The third-order valence-electron chi connectivity index (χ3n) is 2.74. The molecule has 2 unspecified atom stereocenters. The SMILES string of the molecule is FC1(Cl)C(Cl)=C(Cl)C2=C(Oc3ccccc3O2)C1Cl. The van der Waals surface area contributed by atoms with Gasteiger partial charge in [0, 0.05) is 0 Å². The number of halogens is 5. The first-order chi connectivity index (χ1) is 8.93. The summed E-state index contributed by atoms with van der Waals surface area (Å²) in [5, 5.41) is -4.44. The Morgan fingerprint density at radius 3 is 2.32 bits per heavy atom. The molecule has 3 rings (SSSR count). The van der Waals surface area contributed by atoms with Crippen molar-refractivity contribution in [3.05, 3.63) is 45.8 Å². The highest BCUT2D eigenvalue weighted by Crippen LogP contribution is 2.51. The standard InChI is InChI=1S/C12H5Cl4FO2/c13-7-8-9(11(15)12(16,17)10(7)14)19-6-4-2-1-3-5(6)18-8/h1-4,11H. The van der Waals surface area contributed by atoms with Crippen LogP contribution >= 0.6 is 46.4 Å². The minimum absolute atomic E-state index is 0.00673.